The lowest BCUT2D eigenvalue weighted by Crippen LogP contribution is -2.59. The summed E-state index contributed by atoms with van der Waals surface area (Å²) in [6, 6.07) is 3.53. The fourth-order valence-corrected chi connectivity index (χ4v) is 8.08. The van der Waals surface area contributed by atoms with Crippen LogP contribution >= 0.6 is 0 Å². The third-order valence-corrected chi connectivity index (χ3v) is 9.35. The van der Waals surface area contributed by atoms with Gasteiger partial charge in [0.05, 0.1) is 12.4 Å². The molecule has 31 heavy (non-hydrogen) atoms. The van der Waals surface area contributed by atoms with Crippen LogP contribution in [0.2, 0.25) is 0 Å². The van der Waals surface area contributed by atoms with Crippen LogP contribution in [0.15, 0.2) is 34.5 Å². The van der Waals surface area contributed by atoms with E-state index in [-0.39, 0.29) is 11.7 Å². The highest BCUT2D eigenvalue weighted by Gasteiger charge is 2.74. The van der Waals surface area contributed by atoms with Gasteiger partial charge in [-0.3, -0.25) is 9.59 Å². The van der Waals surface area contributed by atoms with E-state index in [2.05, 4.69) is 6.92 Å². The predicted octanol–water partition coefficient (Wildman–Crippen LogP) is 4.72. The molecule has 5 nitrogen and oxygen atoms in total. The zero-order chi connectivity index (χ0) is 21.4. The second-order valence-electron chi connectivity index (χ2n) is 10.4. The van der Waals surface area contributed by atoms with Gasteiger partial charge in [-0.25, -0.2) is 4.39 Å². The van der Waals surface area contributed by atoms with Crippen molar-refractivity contribution in [3.63, 3.8) is 0 Å². The summed E-state index contributed by atoms with van der Waals surface area (Å²) in [5, 5.41) is 0. The Bertz CT molecular complexity index is 938. The van der Waals surface area contributed by atoms with Gasteiger partial charge in [-0.05, 0) is 80.4 Å². The predicted molar refractivity (Wildman–Crippen MR) is 109 cm³/mol. The van der Waals surface area contributed by atoms with E-state index in [4.69, 9.17) is 13.9 Å². The number of hydrogen-bond donors (Lipinski definition) is 0. The highest BCUT2D eigenvalue weighted by molar-refractivity contribution is 5.92. The molecule has 3 unspecified atom stereocenters. The van der Waals surface area contributed by atoms with E-state index >= 15 is 0 Å². The van der Waals surface area contributed by atoms with Crippen molar-refractivity contribution in [1.82, 2.24) is 0 Å². The van der Waals surface area contributed by atoms with Gasteiger partial charge in [-0.15, -0.1) is 0 Å². The molecule has 166 valence electrons. The third kappa shape index (κ3) is 2.55. The molecule has 1 aromatic rings. The molecule has 2 heterocycles. The largest absolute Gasteiger partial charge is 0.464 e. The quantitative estimate of drug-likeness (QED) is 0.698. The molecule has 6 rings (SSSR count). The molecule has 4 fully saturated rings. The minimum Gasteiger partial charge on any atom is -0.464 e. The Labute approximate surface area is 181 Å². The molecule has 1 aromatic heterocycles. The molecule has 5 aliphatic rings. The summed E-state index contributed by atoms with van der Waals surface area (Å²) in [5.41, 5.74) is -0.387. The average Bonchev–Trinajstić information content (AvgIpc) is 3.47. The van der Waals surface area contributed by atoms with E-state index in [1.54, 1.807) is 18.4 Å². The lowest BCUT2D eigenvalue weighted by Gasteiger charge is -2.55. The van der Waals surface area contributed by atoms with Crippen LogP contribution in [0.25, 0.3) is 0 Å². The second kappa shape index (κ2) is 6.85. The summed E-state index contributed by atoms with van der Waals surface area (Å²) in [5.74, 6) is 2.01. The molecule has 3 saturated carbocycles. The lowest BCUT2D eigenvalue weighted by atomic mass is 9.50. The number of fused-ring (bicyclic) bond motifs is 7. The average molecular weight is 428 g/mol. The monoisotopic (exact) mass is 427 g/mol. The number of ether oxygens (including phenoxy) is 2. The summed E-state index contributed by atoms with van der Waals surface area (Å²) in [6.07, 6.45) is 8.30. The highest BCUT2D eigenvalue weighted by atomic mass is 18.2. The van der Waals surface area contributed by atoms with Crippen LogP contribution < -0.4 is 0 Å². The Hall–Kier alpha value is -1.79. The highest BCUT2D eigenvalue weighted by Crippen LogP contribution is 2.69. The summed E-state index contributed by atoms with van der Waals surface area (Å²) in [6.45, 7) is 1.09. The van der Waals surface area contributed by atoms with Crippen molar-refractivity contribution in [2.45, 2.75) is 69.9 Å². The minimum absolute atomic E-state index is 0.253. The zero-order valence-corrected chi connectivity index (χ0v) is 17.8. The molecule has 0 radical (unpaired) electrons. The number of halogens is 1. The van der Waals surface area contributed by atoms with Crippen molar-refractivity contribution in [2.75, 3.05) is 6.67 Å². The molecule has 1 aliphatic heterocycles. The third-order valence-electron chi connectivity index (χ3n) is 9.35. The van der Waals surface area contributed by atoms with Gasteiger partial charge in [-0.1, -0.05) is 12.5 Å². The Balaban J connectivity index is 1.35. The van der Waals surface area contributed by atoms with E-state index in [1.807, 2.05) is 6.08 Å². The number of rotatable bonds is 3. The molecule has 0 N–H and O–H groups in total. The number of hydrogen-bond acceptors (Lipinski definition) is 5. The smallest absolute Gasteiger partial charge is 0.218 e. The Morgan fingerprint density at radius 1 is 1.23 bits per heavy atom. The number of Topliss-reactive ketones (excluding diaryl/α,β-unsaturated/α-hetero) is 1. The van der Waals surface area contributed by atoms with Gasteiger partial charge < -0.3 is 13.9 Å². The second-order valence-corrected chi connectivity index (χ2v) is 10.4. The summed E-state index contributed by atoms with van der Waals surface area (Å²) in [4.78, 5) is 25.1. The maximum Gasteiger partial charge on any atom is 0.218 e. The van der Waals surface area contributed by atoms with Crippen molar-refractivity contribution >= 4 is 11.6 Å². The summed E-state index contributed by atoms with van der Waals surface area (Å²) < 4.78 is 32.0. The SMILES string of the molecule is C[C@]12CCC3C(CCC4=CC(=O)CC[C@@H]43)C1C[C@H]1O[C@H](c3ccco3)O[C@]12C(=O)C[18F]. The van der Waals surface area contributed by atoms with Crippen LogP contribution in [0.4, 0.5) is 4.39 Å². The van der Waals surface area contributed by atoms with Crippen molar-refractivity contribution in [1.29, 1.82) is 0 Å². The Morgan fingerprint density at radius 2 is 2.10 bits per heavy atom. The first-order chi connectivity index (χ1) is 15.0. The van der Waals surface area contributed by atoms with Crippen LogP contribution in [0.3, 0.4) is 0 Å². The van der Waals surface area contributed by atoms with Crippen molar-refractivity contribution in [2.24, 2.45) is 29.1 Å². The van der Waals surface area contributed by atoms with E-state index in [0.717, 1.165) is 32.1 Å². The van der Waals surface area contributed by atoms with Crippen molar-refractivity contribution < 1.29 is 27.9 Å². The standard InChI is InChI=1S/C25H29FO5/c1-24-9-8-17-16-7-5-15(27)11-14(16)4-6-18(17)19(24)12-22-25(24,21(28)13-26)31-23(30-22)20-3-2-10-29-20/h2-3,10-11,16-19,22-23H,4-9,12-13H2,1H3/t16-,17?,18?,19?,22+,23-,24-,25+/m0/s1/i26-1. The normalized spacial score (nSPS) is 46.0. The Morgan fingerprint density at radius 3 is 2.87 bits per heavy atom. The van der Waals surface area contributed by atoms with Gasteiger partial charge in [0.25, 0.3) is 0 Å². The number of allylic oxidation sites excluding steroid dienone is 1. The van der Waals surface area contributed by atoms with Crippen LogP contribution in [0.1, 0.15) is 63.9 Å². The van der Waals surface area contributed by atoms with Gasteiger partial charge >= 0.3 is 0 Å². The number of carbonyl (C=O) groups excluding carboxylic acids is 2. The maximum absolute atomic E-state index is 13.9. The molecular formula is C25H29FO5. The molecular weight excluding hydrogens is 398 g/mol. The van der Waals surface area contributed by atoms with Gasteiger partial charge in [0.15, 0.2) is 29.6 Å². The number of carbonyl (C=O) groups is 2. The molecule has 0 spiro atoms. The molecule has 8 atom stereocenters. The van der Waals surface area contributed by atoms with Gasteiger partial charge in [0.1, 0.15) is 0 Å². The molecule has 4 aliphatic carbocycles. The topological polar surface area (TPSA) is 65.7 Å². The maximum atomic E-state index is 13.9. The van der Waals surface area contributed by atoms with Gasteiger partial charge in [0.2, 0.25) is 6.29 Å². The summed E-state index contributed by atoms with van der Waals surface area (Å²) in [7, 11) is 0. The molecule has 0 aromatic carbocycles. The van der Waals surface area contributed by atoms with Crippen molar-refractivity contribution in [3.05, 3.63) is 35.8 Å². The fraction of sp³-hybridized carbons (Fsp3) is 0.680. The van der Waals surface area contributed by atoms with Crippen LogP contribution in [-0.2, 0) is 19.1 Å². The lowest BCUT2D eigenvalue weighted by molar-refractivity contribution is -0.187. The van der Waals surface area contributed by atoms with E-state index in [0.29, 0.717) is 36.4 Å². The van der Waals surface area contributed by atoms with Crippen LogP contribution in [0.5, 0.6) is 0 Å². The minimum atomic E-state index is -1.26. The first-order valence-electron chi connectivity index (χ1n) is 11.7. The van der Waals surface area contributed by atoms with Gasteiger partial charge in [-0.2, -0.15) is 0 Å². The first kappa shape index (κ1) is 19.9. The number of furan rings is 1. The molecule has 0 bridgehead atoms. The Kier molecular flexibility index (Phi) is 4.39. The van der Waals surface area contributed by atoms with Crippen molar-refractivity contribution in [3.8, 4) is 0 Å². The number of ketones is 2. The molecule has 1 saturated heterocycles. The first-order valence-corrected chi connectivity index (χ1v) is 11.7. The number of alkyl halides is 1. The zero-order valence-electron chi connectivity index (χ0n) is 17.8. The molecule has 0 amide bonds. The van der Waals surface area contributed by atoms with E-state index in [9.17, 15) is 14.0 Å². The fourth-order valence-electron chi connectivity index (χ4n) is 8.08. The van der Waals surface area contributed by atoms with E-state index in [1.165, 1.54) is 5.57 Å². The van der Waals surface area contributed by atoms with Crippen LogP contribution in [0, 0.1) is 29.1 Å². The van der Waals surface area contributed by atoms with Gasteiger partial charge in [0, 0.05) is 11.8 Å². The summed E-state index contributed by atoms with van der Waals surface area (Å²) >= 11 is 0. The van der Waals surface area contributed by atoms with Crippen LogP contribution in [-0.4, -0.2) is 29.9 Å². The van der Waals surface area contributed by atoms with E-state index < -0.39 is 35.9 Å². The molecule has 6 heteroatoms.